The number of amides is 1. The van der Waals surface area contributed by atoms with Gasteiger partial charge < -0.3 is 5.32 Å². The third kappa shape index (κ3) is 3.71. The molecule has 5 nitrogen and oxygen atoms in total. The highest BCUT2D eigenvalue weighted by atomic mass is 19.1. The van der Waals surface area contributed by atoms with Crippen LogP contribution in [0, 0.1) is 19.7 Å². The number of hydrogen-bond acceptors (Lipinski definition) is 3. The van der Waals surface area contributed by atoms with Crippen LogP contribution in [0.25, 0.3) is 5.69 Å². The molecule has 0 fully saturated rings. The van der Waals surface area contributed by atoms with E-state index in [1.165, 1.54) is 16.8 Å². The number of nitrogens with one attached hydrogen (secondary N) is 1. The molecule has 144 valence electrons. The molecule has 0 radical (unpaired) electrons. The maximum atomic E-state index is 14.2. The fraction of sp³-hybridized carbons (Fsp3) is 0.227. The van der Waals surface area contributed by atoms with Gasteiger partial charge in [-0.3, -0.25) is 9.59 Å². The van der Waals surface area contributed by atoms with Gasteiger partial charge in [0.25, 0.3) is 5.91 Å². The van der Waals surface area contributed by atoms with Gasteiger partial charge in [-0.1, -0.05) is 44.2 Å². The SMILES string of the molecule is Cc1cccc(C(C)C)c1NC(=O)c1nn(-c2ccccc2F)c(C)cc1=O. The first-order valence-electron chi connectivity index (χ1n) is 9.06. The molecular weight excluding hydrogens is 357 g/mol. The summed E-state index contributed by atoms with van der Waals surface area (Å²) < 4.78 is 15.5. The second-order valence-electron chi connectivity index (χ2n) is 7.01. The lowest BCUT2D eigenvalue weighted by atomic mass is 9.98. The lowest BCUT2D eigenvalue weighted by molar-refractivity contribution is 0.101. The molecule has 1 aromatic heterocycles. The first-order chi connectivity index (χ1) is 13.3. The summed E-state index contributed by atoms with van der Waals surface area (Å²) in [5.74, 6) is -0.920. The van der Waals surface area contributed by atoms with Gasteiger partial charge in [-0.2, -0.15) is 5.10 Å². The second kappa shape index (κ2) is 7.76. The second-order valence-corrected chi connectivity index (χ2v) is 7.01. The van der Waals surface area contributed by atoms with Gasteiger partial charge >= 0.3 is 0 Å². The molecule has 3 aromatic rings. The maximum Gasteiger partial charge on any atom is 0.280 e. The third-order valence-corrected chi connectivity index (χ3v) is 4.57. The zero-order valence-electron chi connectivity index (χ0n) is 16.3. The minimum absolute atomic E-state index is 0.174. The lowest BCUT2D eigenvalue weighted by Gasteiger charge is -2.17. The topological polar surface area (TPSA) is 64.0 Å². The van der Waals surface area contributed by atoms with Crippen LogP contribution in [0.15, 0.2) is 53.3 Å². The molecule has 1 amide bonds. The molecule has 1 N–H and O–H groups in total. The van der Waals surface area contributed by atoms with E-state index in [1.54, 1.807) is 25.1 Å². The monoisotopic (exact) mass is 379 g/mol. The van der Waals surface area contributed by atoms with Crippen LogP contribution in [0.1, 0.15) is 47.1 Å². The van der Waals surface area contributed by atoms with Crippen LogP contribution >= 0.6 is 0 Å². The average molecular weight is 379 g/mol. The molecule has 0 aliphatic heterocycles. The molecule has 28 heavy (non-hydrogen) atoms. The van der Waals surface area contributed by atoms with Crippen molar-refractivity contribution in [2.75, 3.05) is 5.32 Å². The van der Waals surface area contributed by atoms with Crippen molar-refractivity contribution in [3.8, 4) is 5.69 Å². The Morgan fingerprint density at radius 2 is 1.82 bits per heavy atom. The van der Waals surface area contributed by atoms with Crippen LogP contribution in [-0.4, -0.2) is 15.7 Å². The summed E-state index contributed by atoms with van der Waals surface area (Å²) >= 11 is 0. The molecule has 0 bridgehead atoms. The molecule has 3 rings (SSSR count). The minimum Gasteiger partial charge on any atom is -0.320 e. The van der Waals surface area contributed by atoms with E-state index in [-0.39, 0.29) is 17.3 Å². The number of benzene rings is 2. The quantitative estimate of drug-likeness (QED) is 0.732. The van der Waals surface area contributed by atoms with E-state index in [9.17, 15) is 14.0 Å². The molecule has 0 aliphatic rings. The van der Waals surface area contributed by atoms with Crippen molar-refractivity contribution in [3.63, 3.8) is 0 Å². The summed E-state index contributed by atoms with van der Waals surface area (Å²) in [5, 5.41) is 6.98. The zero-order valence-corrected chi connectivity index (χ0v) is 16.3. The fourth-order valence-electron chi connectivity index (χ4n) is 3.09. The van der Waals surface area contributed by atoms with Crippen molar-refractivity contribution in [1.29, 1.82) is 0 Å². The Hall–Kier alpha value is -3.28. The zero-order chi connectivity index (χ0) is 20.4. The summed E-state index contributed by atoms with van der Waals surface area (Å²) in [4.78, 5) is 25.3. The van der Waals surface area contributed by atoms with Crippen LogP contribution in [0.2, 0.25) is 0 Å². The van der Waals surface area contributed by atoms with Crippen LogP contribution < -0.4 is 10.7 Å². The fourth-order valence-corrected chi connectivity index (χ4v) is 3.09. The standard InChI is InChI=1S/C22H22FN3O2/c1-13(2)16-9-7-8-14(3)20(16)24-22(28)21-19(27)12-15(4)26(25-21)18-11-6-5-10-17(18)23/h5-13H,1-4H3,(H,24,28). The van der Waals surface area contributed by atoms with Crippen molar-refractivity contribution in [2.45, 2.75) is 33.6 Å². The highest BCUT2D eigenvalue weighted by Gasteiger charge is 2.19. The Labute approximate surface area is 162 Å². The van der Waals surface area contributed by atoms with E-state index < -0.39 is 17.2 Å². The number of anilines is 1. The lowest BCUT2D eigenvalue weighted by Crippen LogP contribution is -2.27. The molecule has 0 saturated heterocycles. The van der Waals surface area contributed by atoms with Gasteiger partial charge in [0.1, 0.15) is 11.5 Å². The van der Waals surface area contributed by atoms with Crippen molar-refractivity contribution >= 4 is 11.6 Å². The summed E-state index contributed by atoms with van der Waals surface area (Å²) in [5.41, 5.74) is 2.34. The summed E-state index contributed by atoms with van der Waals surface area (Å²) in [6.07, 6.45) is 0. The van der Waals surface area contributed by atoms with Gasteiger partial charge in [-0.05, 0) is 43.0 Å². The largest absolute Gasteiger partial charge is 0.320 e. The van der Waals surface area contributed by atoms with Gasteiger partial charge in [0.05, 0.1) is 0 Å². The Bertz CT molecular complexity index is 1100. The van der Waals surface area contributed by atoms with E-state index in [0.29, 0.717) is 11.4 Å². The molecular formula is C22H22FN3O2. The van der Waals surface area contributed by atoms with Crippen molar-refractivity contribution < 1.29 is 9.18 Å². The average Bonchev–Trinajstić information content (AvgIpc) is 2.64. The number of para-hydroxylation sites is 2. The van der Waals surface area contributed by atoms with E-state index in [4.69, 9.17) is 0 Å². The Balaban J connectivity index is 2.06. The number of aromatic nitrogens is 2. The Kier molecular flexibility index (Phi) is 5.40. The molecule has 0 unspecified atom stereocenters. The van der Waals surface area contributed by atoms with E-state index in [2.05, 4.69) is 10.4 Å². The summed E-state index contributed by atoms with van der Waals surface area (Å²) in [6.45, 7) is 7.59. The van der Waals surface area contributed by atoms with Gasteiger partial charge in [-0.25, -0.2) is 9.07 Å². The predicted molar refractivity (Wildman–Crippen MR) is 108 cm³/mol. The van der Waals surface area contributed by atoms with E-state index in [1.807, 2.05) is 39.0 Å². The first kappa shape index (κ1) is 19.5. The van der Waals surface area contributed by atoms with E-state index in [0.717, 1.165) is 11.1 Å². The Morgan fingerprint density at radius 3 is 2.50 bits per heavy atom. The number of carbonyl (C=O) groups is 1. The van der Waals surface area contributed by atoms with Crippen molar-refractivity contribution in [2.24, 2.45) is 0 Å². The number of aryl methyl sites for hydroxylation is 2. The number of rotatable bonds is 4. The van der Waals surface area contributed by atoms with Crippen LogP contribution in [0.5, 0.6) is 0 Å². The number of halogens is 1. The maximum absolute atomic E-state index is 14.2. The minimum atomic E-state index is -0.619. The van der Waals surface area contributed by atoms with Crippen molar-refractivity contribution in [3.05, 3.63) is 87.1 Å². The summed E-state index contributed by atoms with van der Waals surface area (Å²) in [6, 6.07) is 13.1. The number of carbonyl (C=O) groups excluding carboxylic acids is 1. The molecule has 1 heterocycles. The highest BCUT2D eigenvalue weighted by Crippen LogP contribution is 2.27. The molecule has 2 aromatic carbocycles. The van der Waals surface area contributed by atoms with Crippen LogP contribution in [-0.2, 0) is 0 Å². The molecule has 0 atom stereocenters. The molecule has 0 aliphatic carbocycles. The van der Waals surface area contributed by atoms with Gasteiger partial charge in [-0.15, -0.1) is 0 Å². The molecule has 6 heteroatoms. The Morgan fingerprint density at radius 1 is 1.11 bits per heavy atom. The smallest absolute Gasteiger partial charge is 0.280 e. The van der Waals surface area contributed by atoms with E-state index >= 15 is 0 Å². The molecule has 0 saturated carbocycles. The first-order valence-corrected chi connectivity index (χ1v) is 9.06. The third-order valence-electron chi connectivity index (χ3n) is 4.57. The highest BCUT2D eigenvalue weighted by molar-refractivity contribution is 6.03. The van der Waals surface area contributed by atoms with Gasteiger partial charge in [0.2, 0.25) is 5.43 Å². The number of nitrogens with zero attached hydrogens (tertiary/aromatic N) is 2. The normalized spacial score (nSPS) is 10.9. The van der Waals surface area contributed by atoms with Gasteiger partial charge in [0.15, 0.2) is 5.69 Å². The van der Waals surface area contributed by atoms with Gasteiger partial charge in [0, 0.05) is 17.4 Å². The molecule has 0 spiro atoms. The van der Waals surface area contributed by atoms with Crippen LogP contribution in [0.3, 0.4) is 0 Å². The number of hydrogen-bond donors (Lipinski definition) is 1. The summed E-state index contributed by atoms with van der Waals surface area (Å²) in [7, 11) is 0. The predicted octanol–water partition coefficient (Wildman–Crippen LogP) is 4.36. The van der Waals surface area contributed by atoms with Crippen molar-refractivity contribution in [1.82, 2.24) is 9.78 Å². The van der Waals surface area contributed by atoms with Crippen LogP contribution in [0.4, 0.5) is 10.1 Å².